The van der Waals surface area contributed by atoms with Crippen molar-refractivity contribution in [3.8, 4) is 0 Å². The summed E-state index contributed by atoms with van der Waals surface area (Å²) in [7, 11) is -2.15. The molecule has 0 heterocycles. The highest BCUT2D eigenvalue weighted by Crippen LogP contribution is 2.20. The van der Waals surface area contributed by atoms with Crippen LogP contribution in [0.5, 0.6) is 0 Å². The molecule has 0 spiro atoms. The van der Waals surface area contributed by atoms with Gasteiger partial charge in [0.25, 0.3) is 0 Å². The molecule has 3 aromatic carbocycles. The molecule has 0 radical (unpaired) electrons. The predicted molar refractivity (Wildman–Crippen MR) is 100 cm³/mol. The lowest BCUT2D eigenvalue weighted by atomic mass is 10.0. The number of carbonyl (C=O) groups is 1. The van der Waals surface area contributed by atoms with E-state index >= 15 is 0 Å². The van der Waals surface area contributed by atoms with Crippen LogP contribution in [0.2, 0.25) is 0 Å². The van der Waals surface area contributed by atoms with Gasteiger partial charge in [-0.15, -0.1) is 0 Å². The first kappa shape index (κ1) is 17.1. The van der Waals surface area contributed by atoms with Gasteiger partial charge in [0, 0.05) is 5.56 Å². The Labute approximate surface area is 146 Å². The Hall–Kier alpha value is -2.76. The van der Waals surface area contributed by atoms with E-state index in [0.717, 1.165) is 16.3 Å². The molecular formula is C20H17NO3S. The van der Waals surface area contributed by atoms with Gasteiger partial charge in [-0.05, 0) is 53.7 Å². The van der Waals surface area contributed by atoms with E-state index in [1.807, 2.05) is 42.5 Å². The summed E-state index contributed by atoms with van der Waals surface area (Å²) < 4.78 is 25.7. The summed E-state index contributed by atoms with van der Waals surface area (Å²) in [5.41, 5.74) is 1.40. The largest absolute Gasteiger partial charge is 0.289 e. The fraction of sp³-hybridized carbons (Fsp3) is 0.0500. The number of sulfonamides is 1. The molecule has 0 aliphatic heterocycles. The van der Waals surface area contributed by atoms with Gasteiger partial charge >= 0.3 is 0 Å². The van der Waals surface area contributed by atoms with Crippen LogP contribution in [0.25, 0.3) is 16.8 Å². The van der Waals surface area contributed by atoms with Crippen molar-refractivity contribution >= 4 is 32.7 Å². The van der Waals surface area contributed by atoms with Crippen molar-refractivity contribution in [3.63, 3.8) is 0 Å². The summed E-state index contributed by atoms with van der Waals surface area (Å²) in [6.45, 7) is 0. The van der Waals surface area contributed by atoms with Gasteiger partial charge in [0.05, 0.1) is 4.90 Å². The molecule has 3 rings (SSSR count). The van der Waals surface area contributed by atoms with Crippen molar-refractivity contribution in [1.82, 2.24) is 4.72 Å². The Morgan fingerprint density at radius 1 is 0.920 bits per heavy atom. The first-order valence-corrected chi connectivity index (χ1v) is 9.23. The van der Waals surface area contributed by atoms with Gasteiger partial charge in [0.1, 0.15) is 0 Å². The van der Waals surface area contributed by atoms with Crippen molar-refractivity contribution < 1.29 is 13.2 Å². The number of allylic oxidation sites excluding steroid dienone is 1. The Bertz CT molecular complexity index is 1050. The second-order valence-corrected chi connectivity index (χ2v) is 7.38. The number of fused-ring (bicyclic) bond motifs is 1. The van der Waals surface area contributed by atoms with E-state index in [1.165, 1.54) is 37.4 Å². The third kappa shape index (κ3) is 3.68. The molecule has 0 aliphatic rings. The standard InChI is InChI=1S/C20H17NO3S/c1-21-25(23,24)18-12-9-17(10-13-18)20(22)14-11-16-7-4-6-15-5-2-3-8-19(15)16/h2-14,21H,1H3/b14-11+. The van der Waals surface area contributed by atoms with E-state index < -0.39 is 10.0 Å². The maximum Gasteiger partial charge on any atom is 0.240 e. The average Bonchev–Trinajstić information content (AvgIpc) is 2.66. The number of benzene rings is 3. The molecule has 4 nitrogen and oxygen atoms in total. The zero-order chi connectivity index (χ0) is 17.9. The first-order chi connectivity index (χ1) is 12.0. The lowest BCUT2D eigenvalue weighted by Gasteiger charge is -2.03. The fourth-order valence-electron chi connectivity index (χ4n) is 2.57. The number of ketones is 1. The summed E-state index contributed by atoms with van der Waals surface area (Å²) >= 11 is 0. The Balaban J connectivity index is 1.85. The van der Waals surface area contributed by atoms with Gasteiger partial charge in [-0.2, -0.15) is 0 Å². The van der Waals surface area contributed by atoms with Crippen molar-refractivity contribution in [2.45, 2.75) is 4.90 Å². The van der Waals surface area contributed by atoms with Crippen molar-refractivity contribution in [1.29, 1.82) is 0 Å². The molecule has 0 atom stereocenters. The topological polar surface area (TPSA) is 63.2 Å². The minimum absolute atomic E-state index is 0.129. The van der Waals surface area contributed by atoms with Crippen LogP contribution in [0, 0.1) is 0 Å². The summed E-state index contributed by atoms with van der Waals surface area (Å²) in [5.74, 6) is -0.179. The van der Waals surface area contributed by atoms with Gasteiger partial charge in [-0.3, -0.25) is 4.79 Å². The minimum Gasteiger partial charge on any atom is -0.289 e. The molecule has 0 aromatic heterocycles. The maximum absolute atomic E-state index is 12.3. The van der Waals surface area contributed by atoms with E-state index in [9.17, 15) is 13.2 Å². The number of rotatable bonds is 5. The number of hydrogen-bond acceptors (Lipinski definition) is 3. The maximum atomic E-state index is 12.3. The molecule has 3 aromatic rings. The SMILES string of the molecule is CNS(=O)(=O)c1ccc(C(=O)/C=C/c2cccc3ccccc23)cc1. The summed E-state index contributed by atoms with van der Waals surface area (Å²) in [6.07, 6.45) is 3.28. The highest BCUT2D eigenvalue weighted by atomic mass is 32.2. The highest BCUT2D eigenvalue weighted by molar-refractivity contribution is 7.89. The van der Waals surface area contributed by atoms with Gasteiger partial charge in [0.2, 0.25) is 10.0 Å². The van der Waals surface area contributed by atoms with Gasteiger partial charge < -0.3 is 0 Å². The lowest BCUT2D eigenvalue weighted by Crippen LogP contribution is -2.18. The van der Waals surface area contributed by atoms with E-state index in [4.69, 9.17) is 0 Å². The number of nitrogens with one attached hydrogen (secondary N) is 1. The van der Waals surface area contributed by atoms with Gasteiger partial charge in [-0.25, -0.2) is 13.1 Å². The number of hydrogen-bond donors (Lipinski definition) is 1. The molecule has 0 bridgehead atoms. The molecule has 0 amide bonds. The van der Waals surface area contributed by atoms with E-state index in [1.54, 1.807) is 6.08 Å². The van der Waals surface area contributed by atoms with Crippen LogP contribution >= 0.6 is 0 Å². The molecule has 5 heteroatoms. The zero-order valence-corrected chi connectivity index (χ0v) is 14.5. The molecule has 0 saturated carbocycles. The predicted octanol–water partition coefficient (Wildman–Crippen LogP) is 3.64. The molecule has 1 N–H and O–H groups in total. The van der Waals surface area contributed by atoms with Crippen LogP contribution in [0.3, 0.4) is 0 Å². The molecule has 0 unspecified atom stereocenters. The van der Waals surface area contributed by atoms with Crippen LogP contribution in [-0.4, -0.2) is 21.2 Å². The second-order valence-electron chi connectivity index (χ2n) is 5.50. The van der Waals surface area contributed by atoms with Crippen molar-refractivity contribution in [2.75, 3.05) is 7.05 Å². The average molecular weight is 351 g/mol. The highest BCUT2D eigenvalue weighted by Gasteiger charge is 2.11. The van der Waals surface area contributed by atoms with E-state index in [0.29, 0.717) is 5.56 Å². The molecule has 126 valence electrons. The van der Waals surface area contributed by atoms with E-state index in [-0.39, 0.29) is 10.7 Å². The molecule has 0 fully saturated rings. The van der Waals surface area contributed by atoms with Crippen LogP contribution < -0.4 is 4.72 Å². The van der Waals surface area contributed by atoms with E-state index in [2.05, 4.69) is 4.72 Å². The second kappa shape index (κ2) is 7.01. The number of carbonyl (C=O) groups excluding carboxylic acids is 1. The lowest BCUT2D eigenvalue weighted by molar-refractivity contribution is 0.104. The summed E-state index contributed by atoms with van der Waals surface area (Å²) in [6, 6.07) is 19.8. The molecule has 25 heavy (non-hydrogen) atoms. The van der Waals surface area contributed by atoms with Crippen LogP contribution in [0.15, 0.2) is 77.7 Å². The minimum atomic E-state index is -3.50. The molecule has 0 aliphatic carbocycles. The fourth-order valence-corrected chi connectivity index (χ4v) is 3.30. The smallest absolute Gasteiger partial charge is 0.240 e. The third-order valence-corrected chi connectivity index (χ3v) is 5.39. The van der Waals surface area contributed by atoms with Gasteiger partial charge in [-0.1, -0.05) is 48.5 Å². The monoisotopic (exact) mass is 351 g/mol. The zero-order valence-electron chi connectivity index (χ0n) is 13.6. The molecule has 0 saturated heterocycles. The first-order valence-electron chi connectivity index (χ1n) is 7.75. The molecular weight excluding hydrogens is 334 g/mol. The normalized spacial score (nSPS) is 11.9. The van der Waals surface area contributed by atoms with Crippen molar-refractivity contribution in [3.05, 3.63) is 83.9 Å². The van der Waals surface area contributed by atoms with Crippen LogP contribution in [0.4, 0.5) is 0 Å². The van der Waals surface area contributed by atoms with Crippen LogP contribution in [0.1, 0.15) is 15.9 Å². The Kier molecular flexibility index (Phi) is 4.79. The Morgan fingerprint density at radius 3 is 2.32 bits per heavy atom. The summed E-state index contributed by atoms with van der Waals surface area (Å²) in [5, 5.41) is 2.18. The third-order valence-electron chi connectivity index (χ3n) is 3.96. The quantitative estimate of drug-likeness (QED) is 0.564. The van der Waals surface area contributed by atoms with Gasteiger partial charge in [0.15, 0.2) is 5.78 Å². The van der Waals surface area contributed by atoms with Crippen LogP contribution in [-0.2, 0) is 10.0 Å². The van der Waals surface area contributed by atoms with Crippen molar-refractivity contribution in [2.24, 2.45) is 0 Å². The Morgan fingerprint density at radius 2 is 1.60 bits per heavy atom. The summed E-state index contributed by atoms with van der Waals surface area (Å²) in [4.78, 5) is 12.5.